The normalized spacial score (nSPS) is 21.8. The number of aliphatic hydroxyl groups excluding tert-OH is 1. The standard InChI is InChI=1S/C21H20O6/c1-11(8-22)2-3-12-16(23)5-4-13-20(12)24-9-15-14-6-18-19(26-10-25-18)7-17(14)27-21(13)15/h2,4-7,15,21-23H,3,8-10H2,1H3/t15-,21-/m0/s1. The fraction of sp³-hybridized carbons (Fsp3) is 0.333. The molecular weight excluding hydrogens is 348 g/mol. The molecule has 0 bridgehead atoms. The molecule has 3 aliphatic heterocycles. The zero-order chi connectivity index (χ0) is 18.5. The topological polar surface area (TPSA) is 77.4 Å². The highest BCUT2D eigenvalue weighted by atomic mass is 16.7. The average Bonchev–Trinajstić information content (AvgIpc) is 3.28. The Morgan fingerprint density at radius 1 is 1.11 bits per heavy atom. The number of rotatable bonds is 3. The molecule has 2 atom stereocenters. The summed E-state index contributed by atoms with van der Waals surface area (Å²) in [6, 6.07) is 7.40. The van der Waals surface area contributed by atoms with Gasteiger partial charge in [-0.1, -0.05) is 11.6 Å². The van der Waals surface area contributed by atoms with Crippen molar-refractivity contribution in [2.24, 2.45) is 0 Å². The van der Waals surface area contributed by atoms with Gasteiger partial charge >= 0.3 is 0 Å². The number of phenols is 1. The van der Waals surface area contributed by atoms with Gasteiger partial charge in [-0.05, 0) is 31.5 Å². The molecule has 0 aliphatic carbocycles. The summed E-state index contributed by atoms with van der Waals surface area (Å²) < 4.78 is 23.3. The van der Waals surface area contributed by atoms with E-state index in [1.165, 1.54) is 0 Å². The molecule has 2 N–H and O–H groups in total. The van der Waals surface area contributed by atoms with Gasteiger partial charge in [-0.25, -0.2) is 0 Å². The first-order valence-electron chi connectivity index (χ1n) is 9.00. The summed E-state index contributed by atoms with van der Waals surface area (Å²) in [5.74, 6) is 3.14. The molecule has 27 heavy (non-hydrogen) atoms. The Balaban J connectivity index is 1.53. The zero-order valence-corrected chi connectivity index (χ0v) is 14.9. The van der Waals surface area contributed by atoms with Crippen LogP contribution in [0.3, 0.4) is 0 Å². The van der Waals surface area contributed by atoms with Gasteiger partial charge in [0, 0.05) is 22.8 Å². The monoisotopic (exact) mass is 368 g/mol. The van der Waals surface area contributed by atoms with Crippen LogP contribution < -0.4 is 18.9 Å². The summed E-state index contributed by atoms with van der Waals surface area (Å²) in [4.78, 5) is 0. The number of hydrogen-bond donors (Lipinski definition) is 2. The minimum atomic E-state index is -0.173. The maximum Gasteiger partial charge on any atom is 0.231 e. The summed E-state index contributed by atoms with van der Waals surface area (Å²) in [6.07, 6.45) is 2.21. The van der Waals surface area contributed by atoms with Gasteiger partial charge in [0.05, 0.1) is 19.1 Å². The quantitative estimate of drug-likeness (QED) is 0.810. The van der Waals surface area contributed by atoms with Gasteiger partial charge in [0.25, 0.3) is 0 Å². The van der Waals surface area contributed by atoms with Gasteiger partial charge in [0.2, 0.25) is 6.79 Å². The molecule has 0 amide bonds. The molecule has 0 unspecified atom stereocenters. The summed E-state index contributed by atoms with van der Waals surface area (Å²) >= 11 is 0. The lowest BCUT2D eigenvalue weighted by Crippen LogP contribution is -2.24. The smallest absolute Gasteiger partial charge is 0.231 e. The largest absolute Gasteiger partial charge is 0.508 e. The van der Waals surface area contributed by atoms with Gasteiger partial charge in [-0.2, -0.15) is 0 Å². The van der Waals surface area contributed by atoms with Crippen molar-refractivity contribution in [3.63, 3.8) is 0 Å². The molecule has 3 aliphatic rings. The molecule has 3 heterocycles. The number of aliphatic hydroxyl groups is 1. The molecule has 0 aromatic heterocycles. The minimum absolute atomic E-state index is 0.00539. The van der Waals surface area contributed by atoms with E-state index in [0.29, 0.717) is 30.1 Å². The Labute approximate surface area is 156 Å². The Hall–Kier alpha value is -2.86. The van der Waals surface area contributed by atoms with Crippen LogP contribution in [0.4, 0.5) is 0 Å². The van der Waals surface area contributed by atoms with Crippen LogP contribution in [-0.2, 0) is 6.42 Å². The molecule has 0 saturated heterocycles. The van der Waals surface area contributed by atoms with Crippen molar-refractivity contribution in [2.75, 3.05) is 20.0 Å². The van der Waals surface area contributed by atoms with E-state index in [4.69, 9.17) is 18.9 Å². The average molecular weight is 368 g/mol. The molecule has 5 rings (SSSR count). The third-order valence-corrected chi connectivity index (χ3v) is 5.41. The maximum atomic E-state index is 10.3. The molecule has 6 heteroatoms. The third kappa shape index (κ3) is 2.51. The number of hydrogen-bond acceptors (Lipinski definition) is 6. The molecule has 0 radical (unpaired) electrons. The van der Waals surface area contributed by atoms with E-state index in [0.717, 1.165) is 28.2 Å². The maximum absolute atomic E-state index is 10.3. The summed E-state index contributed by atoms with van der Waals surface area (Å²) in [6.45, 7) is 2.54. The van der Waals surface area contributed by atoms with Gasteiger partial charge in [-0.15, -0.1) is 0 Å². The summed E-state index contributed by atoms with van der Waals surface area (Å²) in [5, 5.41) is 19.5. The second-order valence-electron chi connectivity index (χ2n) is 7.09. The summed E-state index contributed by atoms with van der Waals surface area (Å²) in [5.41, 5.74) is 3.54. The molecule has 2 aromatic carbocycles. The van der Waals surface area contributed by atoms with Crippen LogP contribution in [0, 0.1) is 0 Å². The van der Waals surface area contributed by atoms with Crippen molar-refractivity contribution in [1.82, 2.24) is 0 Å². The van der Waals surface area contributed by atoms with Crippen LogP contribution in [0.25, 0.3) is 0 Å². The summed E-state index contributed by atoms with van der Waals surface area (Å²) in [7, 11) is 0. The highest BCUT2D eigenvalue weighted by Crippen LogP contribution is 2.55. The molecule has 0 saturated carbocycles. The van der Waals surface area contributed by atoms with Crippen molar-refractivity contribution in [3.05, 3.63) is 52.6 Å². The van der Waals surface area contributed by atoms with Crippen LogP contribution in [0.15, 0.2) is 35.9 Å². The number of aromatic hydroxyl groups is 1. The van der Waals surface area contributed by atoms with E-state index in [9.17, 15) is 10.2 Å². The number of phenolic OH excluding ortho intramolecular Hbond substituents is 1. The zero-order valence-electron chi connectivity index (χ0n) is 14.9. The molecular formula is C21H20O6. The van der Waals surface area contributed by atoms with E-state index < -0.39 is 0 Å². The van der Waals surface area contributed by atoms with Gasteiger partial charge in [-0.3, -0.25) is 0 Å². The van der Waals surface area contributed by atoms with Crippen LogP contribution >= 0.6 is 0 Å². The third-order valence-electron chi connectivity index (χ3n) is 5.41. The van der Waals surface area contributed by atoms with Crippen molar-refractivity contribution >= 4 is 0 Å². The number of fused-ring (bicyclic) bond motifs is 6. The molecule has 140 valence electrons. The van der Waals surface area contributed by atoms with E-state index in [1.807, 2.05) is 31.2 Å². The van der Waals surface area contributed by atoms with Crippen molar-refractivity contribution < 1.29 is 29.2 Å². The Bertz CT molecular complexity index is 948. The first kappa shape index (κ1) is 16.3. The lowest BCUT2D eigenvalue weighted by molar-refractivity contribution is 0.137. The lowest BCUT2D eigenvalue weighted by Gasteiger charge is -2.29. The fourth-order valence-electron chi connectivity index (χ4n) is 3.91. The van der Waals surface area contributed by atoms with E-state index >= 15 is 0 Å². The van der Waals surface area contributed by atoms with Crippen LogP contribution in [0.5, 0.6) is 28.7 Å². The second kappa shape index (κ2) is 6.09. The van der Waals surface area contributed by atoms with Gasteiger partial charge in [0.15, 0.2) is 11.5 Å². The van der Waals surface area contributed by atoms with Crippen molar-refractivity contribution in [3.8, 4) is 28.7 Å². The Morgan fingerprint density at radius 3 is 2.74 bits per heavy atom. The number of ether oxygens (including phenoxy) is 4. The van der Waals surface area contributed by atoms with Crippen molar-refractivity contribution in [2.45, 2.75) is 25.4 Å². The van der Waals surface area contributed by atoms with Crippen LogP contribution in [-0.4, -0.2) is 30.2 Å². The van der Waals surface area contributed by atoms with E-state index in [2.05, 4.69) is 0 Å². The van der Waals surface area contributed by atoms with Crippen molar-refractivity contribution in [1.29, 1.82) is 0 Å². The van der Waals surface area contributed by atoms with Gasteiger partial charge < -0.3 is 29.2 Å². The lowest BCUT2D eigenvalue weighted by atomic mass is 9.87. The van der Waals surface area contributed by atoms with E-state index in [1.54, 1.807) is 6.07 Å². The number of benzene rings is 2. The Morgan fingerprint density at radius 2 is 1.93 bits per heavy atom. The Kier molecular flexibility index (Phi) is 3.68. The first-order valence-corrected chi connectivity index (χ1v) is 9.00. The number of allylic oxidation sites excluding steroid dienone is 1. The predicted molar refractivity (Wildman–Crippen MR) is 96.8 cm³/mol. The second-order valence-corrected chi connectivity index (χ2v) is 7.09. The fourth-order valence-corrected chi connectivity index (χ4v) is 3.91. The highest BCUT2D eigenvalue weighted by Gasteiger charge is 2.42. The van der Waals surface area contributed by atoms with Gasteiger partial charge in [0.1, 0.15) is 23.4 Å². The van der Waals surface area contributed by atoms with Crippen LogP contribution in [0.1, 0.15) is 35.6 Å². The first-order chi connectivity index (χ1) is 13.2. The predicted octanol–water partition coefficient (Wildman–Crippen LogP) is 3.21. The molecule has 6 nitrogen and oxygen atoms in total. The highest BCUT2D eigenvalue weighted by molar-refractivity contribution is 5.59. The van der Waals surface area contributed by atoms with E-state index in [-0.39, 0.29) is 31.2 Å². The van der Waals surface area contributed by atoms with Crippen LogP contribution in [0.2, 0.25) is 0 Å². The molecule has 2 aromatic rings. The SMILES string of the molecule is CC(=CCc1c(O)ccc2c1OC[C@H]1c3cc4c(cc3O[C@@H]21)OCO4)CO. The molecule has 0 spiro atoms. The molecule has 0 fully saturated rings. The minimum Gasteiger partial charge on any atom is -0.508 e.